The van der Waals surface area contributed by atoms with Crippen molar-refractivity contribution in [2.24, 2.45) is 0 Å². The van der Waals surface area contributed by atoms with Gasteiger partial charge in [0.05, 0.1) is 5.56 Å². The number of aromatic nitrogens is 3. The van der Waals surface area contributed by atoms with Gasteiger partial charge in [0.1, 0.15) is 5.65 Å². The third-order valence-electron chi connectivity index (χ3n) is 4.42. The minimum atomic E-state index is -0.455. The van der Waals surface area contributed by atoms with Crippen LogP contribution in [0.4, 0.5) is 0 Å². The minimum absolute atomic E-state index is 0.103. The summed E-state index contributed by atoms with van der Waals surface area (Å²) in [6.07, 6.45) is 8.07. The molecule has 0 amide bonds. The molecule has 0 unspecified atom stereocenters. The zero-order chi connectivity index (χ0) is 19.5. The Hall–Kier alpha value is -3.86. The second-order valence-electron chi connectivity index (χ2n) is 6.46. The van der Waals surface area contributed by atoms with E-state index in [1.165, 1.54) is 6.08 Å². The molecule has 0 radical (unpaired) electrons. The molecule has 1 aromatic carbocycles. The maximum atomic E-state index is 13.0. The van der Waals surface area contributed by atoms with Crippen LogP contribution in [0.15, 0.2) is 78.0 Å². The predicted octanol–water partition coefficient (Wildman–Crippen LogP) is 4.19. The van der Waals surface area contributed by atoms with Crippen molar-refractivity contribution >= 4 is 22.9 Å². The Morgan fingerprint density at radius 2 is 1.89 bits per heavy atom. The first-order valence-electron chi connectivity index (χ1n) is 8.84. The number of allylic oxidation sites excluding steroid dienone is 1. The first kappa shape index (κ1) is 17.5. The Morgan fingerprint density at radius 3 is 2.64 bits per heavy atom. The Kier molecular flexibility index (Phi) is 4.64. The van der Waals surface area contributed by atoms with Crippen LogP contribution in [0.2, 0.25) is 0 Å². The molecule has 0 aliphatic carbocycles. The van der Waals surface area contributed by atoms with Crippen molar-refractivity contribution < 1.29 is 4.79 Å². The SMILES string of the molecule is Cc1cnc2[nH]c(=O)c(C(=O)/C=C/c3cccnc3)c(-c3ccccc3)c2c1. The smallest absolute Gasteiger partial charge is 0.261 e. The van der Waals surface area contributed by atoms with E-state index in [1.54, 1.807) is 30.7 Å². The van der Waals surface area contributed by atoms with E-state index < -0.39 is 5.56 Å². The molecular formula is C23H17N3O2. The molecule has 136 valence electrons. The van der Waals surface area contributed by atoms with Gasteiger partial charge in [0.25, 0.3) is 5.56 Å². The molecule has 0 atom stereocenters. The lowest BCUT2D eigenvalue weighted by molar-refractivity contribution is 0.104. The third-order valence-corrected chi connectivity index (χ3v) is 4.42. The lowest BCUT2D eigenvalue weighted by Crippen LogP contribution is -2.19. The van der Waals surface area contributed by atoms with Gasteiger partial charge in [-0.1, -0.05) is 36.4 Å². The van der Waals surface area contributed by atoms with Crippen LogP contribution < -0.4 is 5.56 Å². The summed E-state index contributed by atoms with van der Waals surface area (Å²) >= 11 is 0. The standard InChI is InChI=1S/C23H17N3O2/c1-15-12-18-20(17-7-3-2-4-8-17)21(23(28)26-22(18)25-13-15)19(27)10-9-16-6-5-11-24-14-16/h2-14H,1H3,(H,25,26,28)/b10-9+. The number of carbonyl (C=O) groups is 1. The molecule has 0 aliphatic heterocycles. The summed E-state index contributed by atoms with van der Waals surface area (Å²) in [6.45, 7) is 1.93. The number of fused-ring (bicyclic) bond motifs is 1. The van der Waals surface area contributed by atoms with Crippen LogP contribution in [0.5, 0.6) is 0 Å². The van der Waals surface area contributed by atoms with Crippen molar-refractivity contribution in [3.8, 4) is 11.1 Å². The summed E-state index contributed by atoms with van der Waals surface area (Å²) < 4.78 is 0. The van der Waals surface area contributed by atoms with Crippen LogP contribution in [0.3, 0.4) is 0 Å². The van der Waals surface area contributed by atoms with Gasteiger partial charge in [0.2, 0.25) is 0 Å². The highest BCUT2D eigenvalue weighted by molar-refractivity contribution is 6.14. The maximum absolute atomic E-state index is 13.0. The molecule has 3 aromatic heterocycles. The Labute approximate surface area is 161 Å². The summed E-state index contributed by atoms with van der Waals surface area (Å²) in [7, 11) is 0. The lowest BCUT2D eigenvalue weighted by Gasteiger charge is -2.11. The van der Waals surface area contributed by atoms with Crippen molar-refractivity contribution in [1.82, 2.24) is 15.0 Å². The van der Waals surface area contributed by atoms with Crippen molar-refractivity contribution in [3.05, 3.63) is 100 Å². The van der Waals surface area contributed by atoms with Gasteiger partial charge in [-0.3, -0.25) is 14.6 Å². The average molecular weight is 367 g/mol. The van der Waals surface area contributed by atoms with Gasteiger partial charge < -0.3 is 4.98 Å². The molecule has 0 saturated heterocycles. The quantitative estimate of drug-likeness (QED) is 0.433. The minimum Gasteiger partial charge on any atom is -0.306 e. The molecule has 4 aromatic rings. The number of ketones is 1. The second kappa shape index (κ2) is 7.40. The van der Waals surface area contributed by atoms with E-state index in [0.29, 0.717) is 11.2 Å². The molecule has 28 heavy (non-hydrogen) atoms. The highest BCUT2D eigenvalue weighted by Crippen LogP contribution is 2.29. The summed E-state index contributed by atoms with van der Waals surface area (Å²) in [6, 6.07) is 15.0. The molecule has 1 N–H and O–H groups in total. The first-order valence-corrected chi connectivity index (χ1v) is 8.84. The molecule has 0 saturated carbocycles. The number of rotatable bonds is 4. The summed E-state index contributed by atoms with van der Waals surface area (Å²) in [5.41, 5.74) is 3.23. The number of benzene rings is 1. The van der Waals surface area contributed by atoms with Gasteiger partial charge in [-0.05, 0) is 47.9 Å². The largest absolute Gasteiger partial charge is 0.306 e. The lowest BCUT2D eigenvalue weighted by atomic mass is 9.94. The van der Waals surface area contributed by atoms with E-state index in [9.17, 15) is 9.59 Å². The third kappa shape index (κ3) is 3.38. The van der Waals surface area contributed by atoms with E-state index in [4.69, 9.17) is 0 Å². The fraction of sp³-hybridized carbons (Fsp3) is 0.0435. The molecule has 5 nitrogen and oxygen atoms in total. The number of aromatic amines is 1. The number of hydrogen-bond donors (Lipinski definition) is 1. The zero-order valence-electron chi connectivity index (χ0n) is 15.2. The molecular weight excluding hydrogens is 350 g/mol. The first-order chi connectivity index (χ1) is 13.6. The molecule has 4 rings (SSSR count). The number of nitrogens with zero attached hydrogens (tertiary/aromatic N) is 2. The zero-order valence-corrected chi connectivity index (χ0v) is 15.2. The van der Waals surface area contributed by atoms with Crippen molar-refractivity contribution in [1.29, 1.82) is 0 Å². The molecule has 5 heteroatoms. The number of nitrogens with one attached hydrogen (secondary N) is 1. The van der Waals surface area contributed by atoms with Crippen molar-refractivity contribution in [2.45, 2.75) is 6.92 Å². The van der Waals surface area contributed by atoms with Gasteiger partial charge in [0, 0.05) is 29.5 Å². The molecule has 0 spiro atoms. The van der Waals surface area contributed by atoms with Gasteiger partial charge in [-0.15, -0.1) is 0 Å². The number of hydrogen-bond acceptors (Lipinski definition) is 4. The average Bonchev–Trinajstić information content (AvgIpc) is 2.73. The predicted molar refractivity (Wildman–Crippen MR) is 110 cm³/mol. The normalized spacial score (nSPS) is 11.2. The number of H-pyrrole nitrogens is 1. The summed E-state index contributed by atoms with van der Waals surface area (Å²) in [5.74, 6) is -0.368. The van der Waals surface area contributed by atoms with E-state index in [0.717, 1.165) is 22.1 Å². The van der Waals surface area contributed by atoms with Crippen LogP contribution in [0, 0.1) is 6.92 Å². The van der Waals surface area contributed by atoms with Gasteiger partial charge in [0.15, 0.2) is 5.78 Å². The van der Waals surface area contributed by atoms with Gasteiger partial charge in [-0.2, -0.15) is 0 Å². The fourth-order valence-electron chi connectivity index (χ4n) is 3.15. The van der Waals surface area contributed by atoms with E-state index >= 15 is 0 Å². The van der Waals surface area contributed by atoms with E-state index in [2.05, 4.69) is 15.0 Å². The summed E-state index contributed by atoms with van der Waals surface area (Å²) in [4.78, 5) is 36.9. The highest BCUT2D eigenvalue weighted by atomic mass is 16.1. The van der Waals surface area contributed by atoms with Gasteiger partial charge >= 0.3 is 0 Å². The summed E-state index contributed by atoms with van der Waals surface area (Å²) in [5, 5.41) is 0.740. The highest BCUT2D eigenvalue weighted by Gasteiger charge is 2.19. The molecule has 0 bridgehead atoms. The Morgan fingerprint density at radius 1 is 1.07 bits per heavy atom. The molecule has 0 fully saturated rings. The number of aryl methyl sites for hydroxylation is 1. The van der Waals surface area contributed by atoms with Gasteiger partial charge in [-0.25, -0.2) is 4.98 Å². The van der Waals surface area contributed by atoms with Crippen LogP contribution in [0.1, 0.15) is 21.5 Å². The van der Waals surface area contributed by atoms with Crippen LogP contribution in [-0.4, -0.2) is 20.7 Å². The maximum Gasteiger partial charge on any atom is 0.261 e. The number of carbonyl (C=O) groups excluding carboxylic acids is 1. The Balaban J connectivity index is 1.95. The van der Waals surface area contributed by atoms with E-state index in [-0.39, 0.29) is 11.3 Å². The van der Waals surface area contributed by atoms with Crippen LogP contribution >= 0.6 is 0 Å². The molecule has 3 heterocycles. The van der Waals surface area contributed by atoms with Crippen LogP contribution in [0.25, 0.3) is 28.2 Å². The fourth-order valence-corrected chi connectivity index (χ4v) is 3.15. The monoisotopic (exact) mass is 367 g/mol. The topological polar surface area (TPSA) is 75.7 Å². The Bertz CT molecular complexity index is 1240. The molecule has 0 aliphatic rings. The second-order valence-corrected chi connectivity index (χ2v) is 6.46. The number of pyridine rings is 3. The van der Waals surface area contributed by atoms with Crippen molar-refractivity contribution in [3.63, 3.8) is 0 Å². The van der Waals surface area contributed by atoms with Crippen LogP contribution in [-0.2, 0) is 0 Å². The van der Waals surface area contributed by atoms with E-state index in [1.807, 2.05) is 49.4 Å². The van der Waals surface area contributed by atoms with Crippen molar-refractivity contribution in [2.75, 3.05) is 0 Å².